The van der Waals surface area contributed by atoms with Crippen molar-refractivity contribution in [1.29, 1.82) is 0 Å². The van der Waals surface area contributed by atoms with E-state index in [0.29, 0.717) is 24.6 Å². The largest absolute Gasteiger partial charge is 0.481 e. The number of aliphatic carboxylic acids is 1. The van der Waals surface area contributed by atoms with E-state index in [1.807, 2.05) is 24.3 Å². The van der Waals surface area contributed by atoms with E-state index in [2.05, 4.69) is 31.0 Å². The quantitative estimate of drug-likeness (QED) is 0.775. The van der Waals surface area contributed by atoms with Crippen LogP contribution >= 0.6 is 15.9 Å². The van der Waals surface area contributed by atoms with Crippen LogP contribution in [0.15, 0.2) is 33.3 Å². The fourth-order valence-electron chi connectivity index (χ4n) is 3.07. The van der Waals surface area contributed by atoms with Crippen LogP contribution < -0.4 is 0 Å². The Morgan fingerprint density at radius 1 is 1.38 bits per heavy atom. The third kappa shape index (κ3) is 4.42. The molecule has 3 rings (SSSR count). The van der Waals surface area contributed by atoms with Gasteiger partial charge in [0.2, 0.25) is 5.89 Å². The lowest BCUT2D eigenvalue weighted by molar-refractivity contribution is -0.137. The third-order valence-electron chi connectivity index (χ3n) is 4.24. The number of nitrogens with zero attached hydrogens (tertiary/aromatic N) is 3. The highest BCUT2D eigenvalue weighted by atomic mass is 79.9. The summed E-state index contributed by atoms with van der Waals surface area (Å²) >= 11 is 3.42. The number of halogens is 1. The smallest absolute Gasteiger partial charge is 0.303 e. The van der Waals surface area contributed by atoms with E-state index in [1.54, 1.807) is 0 Å². The second-order valence-electron chi connectivity index (χ2n) is 6.04. The van der Waals surface area contributed by atoms with Crippen LogP contribution in [-0.4, -0.2) is 39.2 Å². The monoisotopic (exact) mass is 393 g/mol. The summed E-state index contributed by atoms with van der Waals surface area (Å²) in [6.07, 6.45) is 3.53. The molecule has 1 fully saturated rings. The molecule has 0 unspecified atom stereocenters. The normalized spacial score (nSPS) is 18.1. The fraction of sp³-hybridized carbons (Fsp3) is 0.471. The van der Waals surface area contributed by atoms with Gasteiger partial charge in [-0.2, -0.15) is 4.98 Å². The zero-order valence-electron chi connectivity index (χ0n) is 13.3. The summed E-state index contributed by atoms with van der Waals surface area (Å²) in [5.74, 6) is 0.583. The molecule has 1 aromatic carbocycles. The van der Waals surface area contributed by atoms with E-state index in [9.17, 15) is 4.79 Å². The summed E-state index contributed by atoms with van der Waals surface area (Å²) in [6.45, 7) is 1.70. The molecular formula is C17H20BrN3O3. The first-order valence-corrected chi connectivity index (χ1v) is 8.94. The second-order valence-corrected chi connectivity index (χ2v) is 6.96. The molecule has 1 saturated heterocycles. The summed E-state index contributed by atoms with van der Waals surface area (Å²) in [6, 6.07) is 8.18. The molecule has 1 aromatic heterocycles. The molecular weight excluding hydrogens is 374 g/mol. The lowest BCUT2D eigenvalue weighted by atomic mass is 10.1. The van der Waals surface area contributed by atoms with Crippen molar-refractivity contribution in [2.24, 2.45) is 0 Å². The number of benzene rings is 1. The Hall–Kier alpha value is -1.73. The van der Waals surface area contributed by atoms with E-state index in [-0.39, 0.29) is 12.5 Å². The van der Waals surface area contributed by atoms with Crippen LogP contribution in [0.2, 0.25) is 0 Å². The van der Waals surface area contributed by atoms with Crippen LogP contribution in [0.1, 0.15) is 49.0 Å². The van der Waals surface area contributed by atoms with Gasteiger partial charge in [0.1, 0.15) is 0 Å². The van der Waals surface area contributed by atoms with Crippen LogP contribution in [0.4, 0.5) is 0 Å². The molecule has 0 bridgehead atoms. The molecule has 24 heavy (non-hydrogen) atoms. The van der Waals surface area contributed by atoms with Crippen LogP contribution in [0.5, 0.6) is 0 Å². The number of hydrogen-bond donors (Lipinski definition) is 1. The van der Waals surface area contributed by atoms with Gasteiger partial charge in [0.05, 0.1) is 6.04 Å². The predicted molar refractivity (Wildman–Crippen MR) is 91.7 cm³/mol. The number of rotatable bonds is 7. The second kappa shape index (κ2) is 7.90. The summed E-state index contributed by atoms with van der Waals surface area (Å²) in [4.78, 5) is 17.5. The first-order chi connectivity index (χ1) is 11.6. The molecule has 6 nitrogen and oxygen atoms in total. The van der Waals surface area contributed by atoms with E-state index in [4.69, 9.17) is 9.63 Å². The zero-order chi connectivity index (χ0) is 16.9. The van der Waals surface area contributed by atoms with Crippen molar-refractivity contribution < 1.29 is 14.4 Å². The van der Waals surface area contributed by atoms with Gasteiger partial charge in [-0.05, 0) is 50.0 Å². The number of carbonyl (C=O) groups is 1. The third-order valence-corrected chi connectivity index (χ3v) is 4.77. The number of likely N-dealkylation sites (tertiary alicyclic amines) is 1. The van der Waals surface area contributed by atoms with Gasteiger partial charge in [0.15, 0.2) is 5.82 Å². The van der Waals surface area contributed by atoms with Crippen LogP contribution in [0, 0.1) is 0 Å². The van der Waals surface area contributed by atoms with E-state index in [0.717, 1.165) is 36.0 Å². The maximum absolute atomic E-state index is 10.7. The molecule has 2 aromatic rings. The van der Waals surface area contributed by atoms with Gasteiger partial charge in [-0.25, -0.2) is 0 Å². The Balaban J connectivity index is 1.61. The average molecular weight is 394 g/mol. The van der Waals surface area contributed by atoms with Gasteiger partial charge in [-0.3, -0.25) is 9.69 Å². The number of carboxylic acid groups (broad SMARTS) is 1. The van der Waals surface area contributed by atoms with Crippen molar-refractivity contribution in [1.82, 2.24) is 15.0 Å². The minimum absolute atomic E-state index is 0.116. The van der Waals surface area contributed by atoms with Crippen molar-refractivity contribution in [3.05, 3.63) is 46.0 Å². The molecule has 0 saturated carbocycles. The molecule has 1 atom stereocenters. The lowest BCUT2D eigenvalue weighted by Gasteiger charge is -2.20. The average Bonchev–Trinajstić information content (AvgIpc) is 3.18. The molecule has 0 spiro atoms. The van der Waals surface area contributed by atoms with E-state index >= 15 is 0 Å². The molecule has 0 radical (unpaired) electrons. The Kier molecular flexibility index (Phi) is 5.63. The van der Waals surface area contributed by atoms with Crippen LogP contribution in [0.3, 0.4) is 0 Å². The molecule has 1 aliphatic rings. The highest BCUT2D eigenvalue weighted by Crippen LogP contribution is 2.31. The first kappa shape index (κ1) is 17.1. The van der Waals surface area contributed by atoms with Crippen molar-refractivity contribution in [2.75, 3.05) is 13.1 Å². The molecule has 1 aliphatic heterocycles. The van der Waals surface area contributed by atoms with Gasteiger partial charge in [0.25, 0.3) is 0 Å². The Morgan fingerprint density at radius 3 is 2.92 bits per heavy atom. The number of hydrogen-bond acceptors (Lipinski definition) is 5. The van der Waals surface area contributed by atoms with Crippen molar-refractivity contribution in [3.8, 4) is 0 Å². The van der Waals surface area contributed by atoms with Crippen molar-refractivity contribution in [3.63, 3.8) is 0 Å². The van der Waals surface area contributed by atoms with E-state index < -0.39 is 5.97 Å². The predicted octanol–water partition coefficient (Wildman–Crippen LogP) is 3.42. The molecule has 128 valence electrons. The maximum atomic E-state index is 10.7. The van der Waals surface area contributed by atoms with Crippen LogP contribution in [0.25, 0.3) is 0 Å². The van der Waals surface area contributed by atoms with Gasteiger partial charge in [-0.1, -0.05) is 33.2 Å². The highest BCUT2D eigenvalue weighted by molar-refractivity contribution is 9.10. The molecule has 1 N–H and O–H groups in total. The summed E-state index contributed by atoms with van der Waals surface area (Å²) in [5.41, 5.74) is 1.13. The van der Waals surface area contributed by atoms with E-state index in [1.165, 1.54) is 0 Å². The topological polar surface area (TPSA) is 79.5 Å². The molecule has 0 amide bonds. The number of carboxylic acids is 1. The minimum atomic E-state index is -0.750. The summed E-state index contributed by atoms with van der Waals surface area (Å²) in [7, 11) is 0. The standard InChI is InChI=1S/C17H20BrN3O3/c18-13-7-5-12(6-8-13)11-15-19-17(24-20-15)14-3-1-9-21(14)10-2-4-16(22)23/h5-8,14H,1-4,9-11H2,(H,22,23)/t14-/m1/s1. The Morgan fingerprint density at radius 2 is 2.17 bits per heavy atom. The van der Waals surface area contributed by atoms with Gasteiger partial charge in [-0.15, -0.1) is 0 Å². The maximum Gasteiger partial charge on any atom is 0.303 e. The van der Waals surface area contributed by atoms with Gasteiger partial charge < -0.3 is 9.63 Å². The summed E-state index contributed by atoms with van der Waals surface area (Å²) in [5, 5.41) is 12.9. The molecule has 7 heteroatoms. The molecule has 0 aliphatic carbocycles. The lowest BCUT2D eigenvalue weighted by Crippen LogP contribution is -2.25. The van der Waals surface area contributed by atoms with Crippen molar-refractivity contribution >= 4 is 21.9 Å². The Bertz CT molecular complexity index is 687. The fourth-order valence-corrected chi connectivity index (χ4v) is 3.33. The molecule has 2 heterocycles. The SMILES string of the molecule is O=C(O)CCCN1CCC[C@@H]1c1nc(Cc2ccc(Br)cc2)no1. The van der Waals surface area contributed by atoms with Gasteiger partial charge in [0, 0.05) is 17.3 Å². The Labute approximate surface area is 149 Å². The van der Waals surface area contributed by atoms with Gasteiger partial charge >= 0.3 is 5.97 Å². The highest BCUT2D eigenvalue weighted by Gasteiger charge is 2.30. The first-order valence-electron chi connectivity index (χ1n) is 8.14. The number of aromatic nitrogens is 2. The summed E-state index contributed by atoms with van der Waals surface area (Å²) < 4.78 is 6.52. The van der Waals surface area contributed by atoms with Crippen molar-refractivity contribution in [2.45, 2.75) is 38.1 Å². The minimum Gasteiger partial charge on any atom is -0.481 e. The zero-order valence-corrected chi connectivity index (χ0v) is 14.9. The van der Waals surface area contributed by atoms with Crippen LogP contribution in [-0.2, 0) is 11.2 Å².